The Kier molecular flexibility index (Phi) is 4.23. The first-order valence-corrected chi connectivity index (χ1v) is 6.63. The van der Waals surface area contributed by atoms with Crippen LogP contribution in [-0.2, 0) is 13.0 Å². The Bertz CT molecular complexity index is 622. The largest absolute Gasteiger partial charge is 0.374 e. The van der Waals surface area contributed by atoms with E-state index in [1.807, 2.05) is 6.92 Å². The molecule has 8 heteroatoms. The van der Waals surface area contributed by atoms with Crippen molar-refractivity contribution in [3.8, 4) is 0 Å². The second-order valence-electron chi connectivity index (χ2n) is 3.97. The van der Waals surface area contributed by atoms with Crippen molar-refractivity contribution in [2.24, 2.45) is 0 Å². The fourth-order valence-corrected chi connectivity index (χ4v) is 2.39. The summed E-state index contributed by atoms with van der Waals surface area (Å²) in [6, 6.07) is 1.37. The van der Waals surface area contributed by atoms with E-state index in [0.29, 0.717) is 17.1 Å². The summed E-state index contributed by atoms with van der Waals surface area (Å²) in [5, 5.41) is 13.7. The van der Waals surface area contributed by atoms with Gasteiger partial charge in [0.05, 0.1) is 23.6 Å². The minimum Gasteiger partial charge on any atom is -0.374 e. The lowest BCUT2D eigenvalue weighted by Crippen LogP contribution is -2.04. The van der Waals surface area contributed by atoms with E-state index in [2.05, 4.69) is 10.3 Å². The van der Waals surface area contributed by atoms with Gasteiger partial charge in [-0.25, -0.2) is 13.8 Å². The molecule has 0 radical (unpaired) electrons. The molecule has 0 amide bonds. The molecule has 0 saturated carbocycles. The molecular formula is C12H11F2N3O2S. The molecule has 5 nitrogen and oxygen atoms in total. The van der Waals surface area contributed by atoms with Gasteiger partial charge in [-0.2, -0.15) is 0 Å². The first-order valence-electron chi connectivity index (χ1n) is 5.82. The molecule has 0 spiro atoms. The van der Waals surface area contributed by atoms with Crippen molar-refractivity contribution in [3.05, 3.63) is 50.0 Å². The van der Waals surface area contributed by atoms with Crippen LogP contribution in [0.2, 0.25) is 0 Å². The van der Waals surface area contributed by atoms with Crippen LogP contribution in [-0.4, -0.2) is 9.91 Å². The number of benzene rings is 1. The number of nitrogens with one attached hydrogen (secondary N) is 1. The van der Waals surface area contributed by atoms with Crippen LogP contribution in [0.25, 0.3) is 0 Å². The number of aromatic nitrogens is 1. The van der Waals surface area contributed by atoms with Crippen LogP contribution < -0.4 is 5.32 Å². The maximum Gasteiger partial charge on any atom is 0.275 e. The minimum atomic E-state index is -0.996. The van der Waals surface area contributed by atoms with Crippen LogP contribution in [0.1, 0.15) is 16.8 Å². The zero-order valence-electron chi connectivity index (χ0n) is 10.5. The van der Waals surface area contributed by atoms with E-state index in [9.17, 15) is 18.9 Å². The molecule has 1 aromatic heterocycles. The van der Waals surface area contributed by atoms with E-state index in [0.717, 1.165) is 11.3 Å². The molecule has 1 aromatic carbocycles. The Labute approximate surface area is 117 Å². The first kappa shape index (κ1) is 14.3. The van der Waals surface area contributed by atoms with Crippen LogP contribution in [0.4, 0.5) is 20.2 Å². The van der Waals surface area contributed by atoms with Crippen LogP contribution in [0.15, 0.2) is 18.3 Å². The van der Waals surface area contributed by atoms with E-state index < -0.39 is 22.2 Å². The number of non-ortho nitro benzene ring substituents is 1. The third-order valence-corrected chi connectivity index (χ3v) is 3.75. The van der Waals surface area contributed by atoms with Gasteiger partial charge in [-0.05, 0) is 6.42 Å². The van der Waals surface area contributed by atoms with E-state index in [4.69, 9.17) is 0 Å². The van der Waals surface area contributed by atoms with E-state index in [1.54, 1.807) is 6.20 Å². The molecule has 0 saturated heterocycles. The van der Waals surface area contributed by atoms with E-state index >= 15 is 0 Å². The molecule has 0 atom stereocenters. The Balaban J connectivity index is 2.15. The molecule has 0 fully saturated rings. The zero-order chi connectivity index (χ0) is 14.7. The molecule has 0 aliphatic heterocycles. The average molecular weight is 299 g/mol. The van der Waals surface area contributed by atoms with Gasteiger partial charge in [0.25, 0.3) is 5.69 Å². The molecule has 106 valence electrons. The maximum absolute atomic E-state index is 13.6. The van der Waals surface area contributed by atoms with Crippen molar-refractivity contribution in [2.75, 3.05) is 5.32 Å². The molecule has 1 N–H and O–H groups in total. The van der Waals surface area contributed by atoms with Crippen molar-refractivity contribution >= 4 is 22.7 Å². The summed E-state index contributed by atoms with van der Waals surface area (Å²) in [7, 11) is 0. The van der Waals surface area contributed by atoms with E-state index in [1.165, 1.54) is 11.3 Å². The Morgan fingerprint density at radius 1 is 1.40 bits per heavy atom. The fourth-order valence-electron chi connectivity index (χ4n) is 1.59. The summed E-state index contributed by atoms with van der Waals surface area (Å²) >= 11 is 1.45. The van der Waals surface area contributed by atoms with Gasteiger partial charge >= 0.3 is 0 Å². The zero-order valence-corrected chi connectivity index (χ0v) is 11.3. The number of hydrogen-bond acceptors (Lipinski definition) is 5. The molecule has 1 heterocycles. The molecule has 2 rings (SSSR count). The minimum absolute atomic E-state index is 0.163. The van der Waals surface area contributed by atoms with Crippen molar-refractivity contribution in [1.82, 2.24) is 4.98 Å². The molecule has 20 heavy (non-hydrogen) atoms. The number of halogens is 2. The topological polar surface area (TPSA) is 68.1 Å². The second-order valence-corrected chi connectivity index (χ2v) is 5.17. The third-order valence-electron chi connectivity index (χ3n) is 2.60. The average Bonchev–Trinajstić information content (AvgIpc) is 2.85. The van der Waals surface area contributed by atoms with Gasteiger partial charge in [0, 0.05) is 11.1 Å². The number of aryl methyl sites for hydroxylation is 1. The third kappa shape index (κ3) is 3.08. The summed E-state index contributed by atoms with van der Waals surface area (Å²) in [5.41, 5.74) is -1.00. The van der Waals surface area contributed by atoms with Crippen molar-refractivity contribution in [3.63, 3.8) is 0 Å². The van der Waals surface area contributed by atoms with Gasteiger partial charge in [0.15, 0.2) is 11.6 Å². The van der Waals surface area contributed by atoms with Gasteiger partial charge in [-0.15, -0.1) is 11.3 Å². The van der Waals surface area contributed by atoms with Crippen LogP contribution in [0.5, 0.6) is 0 Å². The number of nitrogens with zero attached hydrogens (tertiary/aromatic N) is 2. The maximum atomic E-state index is 13.6. The highest BCUT2D eigenvalue weighted by Gasteiger charge is 2.17. The lowest BCUT2D eigenvalue weighted by atomic mass is 10.2. The standard InChI is InChI=1S/C12H11F2N3O2S/c1-2-8-5-15-11(20-8)6-16-12-9(13)3-7(17(18)19)4-10(12)14/h3-5,16H,2,6H2,1H3. The predicted octanol–water partition coefficient (Wildman–Crippen LogP) is 3.50. The number of anilines is 1. The number of nitro groups is 1. The summed E-state index contributed by atoms with van der Waals surface area (Å²) in [4.78, 5) is 14.8. The predicted molar refractivity (Wildman–Crippen MR) is 71.8 cm³/mol. The summed E-state index contributed by atoms with van der Waals surface area (Å²) < 4.78 is 27.2. The van der Waals surface area contributed by atoms with Gasteiger partial charge in [0.2, 0.25) is 0 Å². The molecule has 2 aromatic rings. The smallest absolute Gasteiger partial charge is 0.275 e. The molecule has 0 bridgehead atoms. The van der Waals surface area contributed by atoms with Gasteiger partial charge < -0.3 is 5.32 Å². The van der Waals surface area contributed by atoms with Gasteiger partial charge in [0.1, 0.15) is 10.7 Å². The Morgan fingerprint density at radius 2 is 2.05 bits per heavy atom. The number of rotatable bonds is 5. The number of thiazole rings is 1. The fraction of sp³-hybridized carbons (Fsp3) is 0.250. The summed E-state index contributed by atoms with van der Waals surface area (Å²) in [5.74, 6) is -1.99. The highest BCUT2D eigenvalue weighted by atomic mass is 32.1. The molecule has 0 aliphatic carbocycles. The van der Waals surface area contributed by atoms with Crippen LogP contribution in [0.3, 0.4) is 0 Å². The van der Waals surface area contributed by atoms with Crippen molar-refractivity contribution < 1.29 is 13.7 Å². The molecule has 0 unspecified atom stereocenters. The lowest BCUT2D eigenvalue weighted by Gasteiger charge is -2.07. The van der Waals surface area contributed by atoms with Crippen molar-refractivity contribution in [2.45, 2.75) is 19.9 Å². The van der Waals surface area contributed by atoms with Crippen molar-refractivity contribution in [1.29, 1.82) is 0 Å². The summed E-state index contributed by atoms with van der Waals surface area (Å²) in [6.45, 7) is 2.15. The SMILES string of the molecule is CCc1cnc(CNc2c(F)cc([N+](=O)[O-])cc2F)s1. The van der Waals surface area contributed by atoms with Crippen LogP contribution >= 0.6 is 11.3 Å². The first-order chi connectivity index (χ1) is 9.51. The number of hydrogen-bond donors (Lipinski definition) is 1. The second kappa shape index (κ2) is 5.91. The number of nitro benzene ring substituents is 1. The quantitative estimate of drug-likeness (QED) is 0.677. The Morgan fingerprint density at radius 3 is 2.55 bits per heavy atom. The van der Waals surface area contributed by atoms with E-state index in [-0.39, 0.29) is 12.2 Å². The summed E-state index contributed by atoms with van der Waals surface area (Å²) in [6.07, 6.45) is 2.56. The highest BCUT2D eigenvalue weighted by Crippen LogP contribution is 2.25. The van der Waals surface area contributed by atoms with Gasteiger partial charge in [-0.1, -0.05) is 6.92 Å². The Hall–Kier alpha value is -2.09. The molecule has 0 aliphatic rings. The lowest BCUT2D eigenvalue weighted by molar-refractivity contribution is -0.385. The molecular weight excluding hydrogens is 288 g/mol. The van der Waals surface area contributed by atoms with Crippen LogP contribution in [0, 0.1) is 21.7 Å². The van der Waals surface area contributed by atoms with Gasteiger partial charge in [-0.3, -0.25) is 10.1 Å². The highest BCUT2D eigenvalue weighted by molar-refractivity contribution is 7.11. The monoisotopic (exact) mass is 299 g/mol. The normalized spacial score (nSPS) is 10.6.